The van der Waals surface area contributed by atoms with E-state index < -0.39 is 97.5 Å². The largest absolute Gasteiger partial charge is 0.472 e. The van der Waals surface area contributed by atoms with Crippen LogP contribution in [0.1, 0.15) is 465 Å². The Labute approximate surface area is 645 Å². The van der Waals surface area contributed by atoms with Crippen LogP contribution in [0.25, 0.3) is 0 Å². The number of hydrogen-bond acceptors (Lipinski definition) is 15. The minimum atomic E-state index is -4.97. The molecule has 0 saturated heterocycles. The van der Waals surface area contributed by atoms with Crippen molar-refractivity contribution in [2.24, 2.45) is 5.92 Å². The van der Waals surface area contributed by atoms with Crippen LogP contribution in [0.2, 0.25) is 0 Å². The van der Waals surface area contributed by atoms with Crippen molar-refractivity contribution in [1.29, 1.82) is 0 Å². The average Bonchev–Trinajstić information content (AvgIpc) is 0.915. The second-order valence-corrected chi connectivity index (χ2v) is 34.3. The molecule has 2 unspecified atom stereocenters. The topological polar surface area (TPSA) is 237 Å². The number of esters is 4. The molecule has 624 valence electrons. The first kappa shape index (κ1) is 103. The normalized spacial score (nSPS) is 13.8. The van der Waals surface area contributed by atoms with Crippen LogP contribution in [0.3, 0.4) is 0 Å². The minimum absolute atomic E-state index is 0.109. The molecule has 0 bridgehead atoms. The summed E-state index contributed by atoms with van der Waals surface area (Å²) >= 11 is 0. The third-order valence-corrected chi connectivity index (χ3v) is 22.2. The molecule has 0 spiro atoms. The average molecular weight is 1540 g/mol. The number of carbonyl (C=O) groups is 4. The van der Waals surface area contributed by atoms with E-state index in [0.717, 1.165) is 95.8 Å². The molecule has 0 aliphatic heterocycles. The third kappa shape index (κ3) is 79.9. The van der Waals surface area contributed by atoms with Gasteiger partial charge in [0, 0.05) is 25.7 Å². The molecule has 0 saturated carbocycles. The Morgan fingerprint density at radius 3 is 0.648 bits per heavy atom. The molecule has 0 aromatic rings. The Kier molecular flexibility index (Phi) is 77.3. The zero-order chi connectivity index (χ0) is 76.9. The number of phosphoric ester groups is 2. The van der Waals surface area contributed by atoms with Crippen molar-refractivity contribution in [3.05, 3.63) is 0 Å². The van der Waals surface area contributed by atoms with Gasteiger partial charge in [-0.25, -0.2) is 9.13 Å². The summed E-state index contributed by atoms with van der Waals surface area (Å²) in [4.78, 5) is 73.3. The lowest BCUT2D eigenvalue weighted by Gasteiger charge is -2.21. The van der Waals surface area contributed by atoms with E-state index in [1.54, 1.807) is 0 Å². The van der Waals surface area contributed by atoms with Gasteiger partial charge in [-0.15, -0.1) is 0 Å². The monoisotopic (exact) mass is 1540 g/mol. The predicted octanol–water partition coefficient (Wildman–Crippen LogP) is 26.4. The highest BCUT2D eigenvalue weighted by molar-refractivity contribution is 7.47. The van der Waals surface area contributed by atoms with Crippen LogP contribution in [-0.4, -0.2) is 96.7 Å². The van der Waals surface area contributed by atoms with E-state index in [0.29, 0.717) is 25.7 Å². The predicted molar refractivity (Wildman–Crippen MR) is 432 cm³/mol. The van der Waals surface area contributed by atoms with E-state index >= 15 is 0 Å². The molecule has 0 aliphatic carbocycles. The van der Waals surface area contributed by atoms with Gasteiger partial charge in [0.05, 0.1) is 26.4 Å². The highest BCUT2D eigenvalue weighted by Crippen LogP contribution is 2.45. The zero-order valence-corrected chi connectivity index (χ0v) is 70.7. The van der Waals surface area contributed by atoms with Crippen molar-refractivity contribution in [2.45, 2.75) is 483 Å². The SMILES string of the molecule is CCCCCCCCCCCCCCCCCCCCC(=O)OC[C@H](COP(=O)(O)OC[C@@H](O)COP(=O)(O)OC[C@@H](COC(=O)CCCCCCCCCCCCCC)OC(=O)CCCCCCCCCCCCCCCCCCC)OC(=O)CCCCCCCCCCCCCCCCCC(C)C. The maximum atomic E-state index is 13.1. The van der Waals surface area contributed by atoms with Crippen molar-refractivity contribution in [2.75, 3.05) is 39.6 Å². The molecule has 0 radical (unpaired) electrons. The van der Waals surface area contributed by atoms with Gasteiger partial charge in [0.25, 0.3) is 0 Å². The number of rotatable bonds is 86. The van der Waals surface area contributed by atoms with E-state index in [-0.39, 0.29) is 25.7 Å². The van der Waals surface area contributed by atoms with Crippen LogP contribution in [0.15, 0.2) is 0 Å². The molecule has 0 aromatic heterocycles. The fourth-order valence-electron chi connectivity index (χ4n) is 13.5. The van der Waals surface area contributed by atoms with E-state index in [9.17, 15) is 43.2 Å². The van der Waals surface area contributed by atoms with Crippen LogP contribution in [-0.2, 0) is 65.4 Å². The van der Waals surface area contributed by atoms with Crippen molar-refractivity contribution >= 4 is 39.5 Å². The third-order valence-electron chi connectivity index (χ3n) is 20.3. The van der Waals surface area contributed by atoms with Crippen LogP contribution in [0, 0.1) is 5.92 Å². The molecule has 3 N–H and O–H groups in total. The van der Waals surface area contributed by atoms with Gasteiger partial charge in [0.2, 0.25) is 0 Å². The lowest BCUT2D eigenvalue weighted by molar-refractivity contribution is -0.161. The van der Waals surface area contributed by atoms with Crippen LogP contribution in [0.5, 0.6) is 0 Å². The van der Waals surface area contributed by atoms with E-state index in [1.807, 2.05) is 0 Å². The van der Waals surface area contributed by atoms with Crippen LogP contribution in [0.4, 0.5) is 0 Å². The van der Waals surface area contributed by atoms with Gasteiger partial charge in [-0.2, -0.15) is 0 Å². The molecular weight excluding hydrogens is 1370 g/mol. The highest BCUT2D eigenvalue weighted by Gasteiger charge is 2.30. The maximum absolute atomic E-state index is 13.1. The van der Waals surface area contributed by atoms with Gasteiger partial charge < -0.3 is 33.8 Å². The number of hydrogen-bond donors (Lipinski definition) is 3. The first-order valence-corrected chi connectivity index (χ1v) is 47.6. The standard InChI is InChI=1S/C86H168O17P2/c1-6-9-12-15-18-21-24-27-29-31-33-36-40-45-50-55-60-65-70-84(89)97-76-82(103-86(91)72-67-62-57-52-47-42-38-34-35-39-43-48-53-58-63-68-79(4)5)78-101-105(94,95)99-74-80(87)73-98-104(92,93)100-77-81(75-96-83(88)69-64-59-54-49-44-26-23-20-17-14-11-8-3)102-85(90)71-66-61-56-51-46-41-37-32-30-28-25-22-19-16-13-10-7-2/h79-82,87H,6-78H2,1-5H3,(H,92,93)(H,94,95)/t80-,81+,82+/m0/s1. The number of aliphatic hydroxyl groups excluding tert-OH is 1. The Hall–Kier alpha value is -1.94. The number of aliphatic hydroxyl groups is 1. The van der Waals surface area contributed by atoms with Crippen LogP contribution >= 0.6 is 15.6 Å². The lowest BCUT2D eigenvalue weighted by Crippen LogP contribution is -2.30. The summed E-state index contributed by atoms with van der Waals surface area (Å²) in [6.07, 6.45) is 72.1. The van der Waals surface area contributed by atoms with E-state index in [1.165, 1.54) is 289 Å². The quantitative estimate of drug-likeness (QED) is 0.0222. The molecule has 19 heteroatoms. The smallest absolute Gasteiger partial charge is 0.462 e. The molecular formula is C86H168O17P2. The second kappa shape index (κ2) is 78.7. The summed E-state index contributed by atoms with van der Waals surface area (Å²) in [6, 6.07) is 0. The summed E-state index contributed by atoms with van der Waals surface area (Å²) < 4.78 is 68.9. The zero-order valence-electron chi connectivity index (χ0n) is 68.9. The molecule has 5 atom stereocenters. The lowest BCUT2D eigenvalue weighted by atomic mass is 10.0. The fraction of sp³-hybridized carbons (Fsp3) is 0.953. The van der Waals surface area contributed by atoms with Crippen molar-refractivity contribution in [3.63, 3.8) is 0 Å². The van der Waals surface area contributed by atoms with Gasteiger partial charge >= 0.3 is 39.5 Å². The first-order valence-electron chi connectivity index (χ1n) is 44.6. The summed E-state index contributed by atoms with van der Waals surface area (Å²) in [7, 11) is -9.93. The Bertz CT molecular complexity index is 2000. The number of carbonyl (C=O) groups excluding carboxylic acids is 4. The molecule has 0 aliphatic rings. The van der Waals surface area contributed by atoms with E-state index in [2.05, 4.69) is 34.6 Å². The summed E-state index contributed by atoms with van der Waals surface area (Å²) in [5, 5.41) is 10.7. The van der Waals surface area contributed by atoms with Crippen molar-refractivity contribution in [3.8, 4) is 0 Å². The first-order chi connectivity index (χ1) is 51.0. The Morgan fingerprint density at radius 2 is 0.438 bits per heavy atom. The Morgan fingerprint density at radius 1 is 0.257 bits per heavy atom. The van der Waals surface area contributed by atoms with Gasteiger partial charge in [-0.3, -0.25) is 37.3 Å². The number of unbranched alkanes of at least 4 members (excludes halogenated alkanes) is 58. The molecule has 105 heavy (non-hydrogen) atoms. The van der Waals surface area contributed by atoms with Crippen molar-refractivity contribution < 1.29 is 80.2 Å². The molecule has 0 heterocycles. The Balaban J connectivity index is 5.25. The van der Waals surface area contributed by atoms with Crippen molar-refractivity contribution in [1.82, 2.24) is 0 Å². The van der Waals surface area contributed by atoms with Gasteiger partial charge in [0.15, 0.2) is 12.2 Å². The summed E-state index contributed by atoms with van der Waals surface area (Å²) in [5.74, 6) is -1.29. The number of phosphoric acid groups is 2. The molecule has 0 amide bonds. The van der Waals surface area contributed by atoms with Gasteiger partial charge in [-0.05, 0) is 31.6 Å². The fourth-order valence-corrected chi connectivity index (χ4v) is 15.1. The van der Waals surface area contributed by atoms with Gasteiger partial charge in [0.1, 0.15) is 19.3 Å². The maximum Gasteiger partial charge on any atom is 0.472 e. The minimum Gasteiger partial charge on any atom is -0.462 e. The van der Waals surface area contributed by atoms with E-state index in [4.69, 9.17) is 37.0 Å². The second-order valence-electron chi connectivity index (χ2n) is 31.4. The molecule has 0 aromatic carbocycles. The van der Waals surface area contributed by atoms with Gasteiger partial charge in [-0.1, -0.05) is 413 Å². The summed E-state index contributed by atoms with van der Waals surface area (Å²) in [5.41, 5.74) is 0. The summed E-state index contributed by atoms with van der Waals surface area (Å²) in [6.45, 7) is 7.40. The highest BCUT2D eigenvalue weighted by atomic mass is 31.2. The molecule has 0 fully saturated rings. The molecule has 0 rings (SSSR count). The number of ether oxygens (including phenoxy) is 4. The molecule has 17 nitrogen and oxygen atoms in total. The van der Waals surface area contributed by atoms with Crippen LogP contribution < -0.4 is 0 Å².